The average Bonchev–Trinajstić information content (AvgIpc) is 2.88. The maximum atomic E-state index is 11.8. The molecule has 0 fully saturated rings. The third kappa shape index (κ3) is 2.54. The third-order valence-corrected chi connectivity index (χ3v) is 3.12. The number of carbonyl (C=O) groups is 1. The van der Waals surface area contributed by atoms with E-state index in [-0.39, 0.29) is 23.3 Å². The molecule has 0 saturated carbocycles. The second-order valence-electron chi connectivity index (χ2n) is 4.57. The highest BCUT2D eigenvalue weighted by atomic mass is 16.5. The molecule has 0 spiro atoms. The van der Waals surface area contributed by atoms with Crippen molar-refractivity contribution in [2.24, 2.45) is 0 Å². The topological polar surface area (TPSA) is 84.1 Å². The second-order valence-corrected chi connectivity index (χ2v) is 4.57. The van der Waals surface area contributed by atoms with Crippen molar-refractivity contribution in [1.29, 1.82) is 0 Å². The van der Waals surface area contributed by atoms with Crippen LogP contribution in [0.1, 0.15) is 16.1 Å². The van der Waals surface area contributed by atoms with Crippen LogP contribution in [0.15, 0.2) is 41.2 Å². The summed E-state index contributed by atoms with van der Waals surface area (Å²) in [4.78, 5) is 22.7. The molecule has 1 aliphatic heterocycles. The van der Waals surface area contributed by atoms with Crippen LogP contribution in [0.25, 0.3) is 0 Å². The predicted octanol–water partition coefficient (Wildman–Crippen LogP) is 0.503. The predicted molar refractivity (Wildman–Crippen MR) is 71.8 cm³/mol. The lowest BCUT2D eigenvalue weighted by atomic mass is 10.1. The largest absolute Gasteiger partial charge is 0.488 e. The van der Waals surface area contributed by atoms with E-state index in [4.69, 9.17) is 4.74 Å². The first kappa shape index (κ1) is 12.4. The zero-order valence-corrected chi connectivity index (χ0v) is 10.6. The Kier molecular flexibility index (Phi) is 3.20. The van der Waals surface area contributed by atoms with E-state index in [1.807, 2.05) is 24.3 Å². The molecule has 6 nitrogen and oxygen atoms in total. The van der Waals surface area contributed by atoms with Crippen molar-refractivity contribution in [3.8, 4) is 5.75 Å². The Labute approximate surface area is 114 Å². The highest BCUT2D eigenvalue weighted by Crippen LogP contribution is 2.27. The summed E-state index contributed by atoms with van der Waals surface area (Å²) in [6, 6.07) is 10.5. The van der Waals surface area contributed by atoms with Gasteiger partial charge in [-0.2, -0.15) is 5.10 Å². The van der Waals surface area contributed by atoms with Crippen molar-refractivity contribution in [2.75, 3.05) is 6.54 Å². The van der Waals surface area contributed by atoms with Crippen LogP contribution in [0.5, 0.6) is 5.75 Å². The quantitative estimate of drug-likeness (QED) is 0.851. The zero-order chi connectivity index (χ0) is 13.9. The smallest absolute Gasteiger partial charge is 0.271 e. The summed E-state index contributed by atoms with van der Waals surface area (Å²) in [6.07, 6.45) is 0.703. The van der Waals surface area contributed by atoms with Crippen molar-refractivity contribution in [3.63, 3.8) is 0 Å². The Hall–Kier alpha value is -2.63. The monoisotopic (exact) mass is 271 g/mol. The van der Waals surface area contributed by atoms with Gasteiger partial charge in [0.15, 0.2) is 0 Å². The fraction of sp³-hybridized carbons (Fsp3) is 0.214. The van der Waals surface area contributed by atoms with Crippen molar-refractivity contribution in [3.05, 3.63) is 58.0 Å². The van der Waals surface area contributed by atoms with Crippen molar-refractivity contribution in [1.82, 2.24) is 15.5 Å². The molecule has 3 rings (SSSR count). The van der Waals surface area contributed by atoms with Gasteiger partial charge in [-0.05, 0) is 17.7 Å². The molecule has 6 heteroatoms. The number of aromatic amines is 1. The maximum Gasteiger partial charge on any atom is 0.271 e. The molecule has 2 heterocycles. The van der Waals surface area contributed by atoms with Crippen LogP contribution in [-0.2, 0) is 6.42 Å². The molecule has 0 radical (unpaired) electrons. The Morgan fingerprint density at radius 2 is 2.20 bits per heavy atom. The molecule has 1 amide bonds. The van der Waals surface area contributed by atoms with Crippen LogP contribution in [0.4, 0.5) is 0 Å². The lowest BCUT2D eigenvalue weighted by molar-refractivity contribution is 0.0927. The number of fused-ring (bicyclic) bond motifs is 1. The number of hydrogen-bond acceptors (Lipinski definition) is 4. The van der Waals surface area contributed by atoms with Crippen LogP contribution in [0, 0.1) is 0 Å². The standard InChI is InChI=1S/C14H13N3O3/c18-13-6-5-11(16-17-13)14(19)15-8-10-7-9-3-1-2-4-12(9)20-10/h1-6,10H,7-8H2,(H,15,19)(H,17,18)/t10-/m0/s1. The lowest BCUT2D eigenvalue weighted by Gasteiger charge is -2.11. The molecule has 1 aromatic heterocycles. The maximum absolute atomic E-state index is 11.8. The number of rotatable bonds is 3. The van der Waals surface area contributed by atoms with Gasteiger partial charge in [0.1, 0.15) is 17.5 Å². The first-order chi connectivity index (χ1) is 9.72. The van der Waals surface area contributed by atoms with Crippen molar-refractivity contribution < 1.29 is 9.53 Å². The minimum Gasteiger partial charge on any atom is -0.488 e. The number of benzene rings is 1. The molecular weight excluding hydrogens is 258 g/mol. The van der Waals surface area contributed by atoms with Crippen LogP contribution >= 0.6 is 0 Å². The number of H-pyrrole nitrogens is 1. The molecule has 1 aliphatic rings. The van der Waals surface area contributed by atoms with Gasteiger partial charge in [0.25, 0.3) is 11.5 Å². The van der Waals surface area contributed by atoms with Gasteiger partial charge in [-0.1, -0.05) is 18.2 Å². The van der Waals surface area contributed by atoms with Gasteiger partial charge in [-0.15, -0.1) is 0 Å². The summed E-state index contributed by atoms with van der Waals surface area (Å²) in [5.41, 5.74) is 0.991. The lowest BCUT2D eigenvalue weighted by Crippen LogP contribution is -2.35. The van der Waals surface area contributed by atoms with E-state index in [2.05, 4.69) is 15.5 Å². The van der Waals surface area contributed by atoms with E-state index in [1.165, 1.54) is 12.1 Å². The van der Waals surface area contributed by atoms with Crippen LogP contribution < -0.4 is 15.6 Å². The van der Waals surface area contributed by atoms with Crippen LogP contribution in [0.3, 0.4) is 0 Å². The Morgan fingerprint density at radius 3 is 2.95 bits per heavy atom. The fourth-order valence-electron chi connectivity index (χ4n) is 2.14. The molecule has 20 heavy (non-hydrogen) atoms. The third-order valence-electron chi connectivity index (χ3n) is 3.12. The molecule has 0 saturated heterocycles. The van der Waals surface area contributed by atoms with Gasteiger partial charge in [-0.3, -0.25) is 9.59 Å². The van der Waals surface area contributed by atoms with Gasteiger partial charge in [0, 0.05) is 12.5 Å². The van der Waals surface area contributed by atoms with E-state index in [1.54, 1.807) is 0 Å². The molecule has 0 unspecified atom stereocenters. The van der Waals surface area contributed by atoms with E-state index in [0.29, 0.717) is 6.54 Å². The zero-order valence-electron chi connectivity index (χ0n) is 10.6. The SMILES string of the molecule is O=C(NC[C@@H]1Cc2ccccc2O1)c1ccc(=O)[nH]n1. The van der Waals surface area contributed by atoms with Gasteiger partial charge in [-0.25, -0.2) is 5.10 Å². The van der Waals surface area contributed by atoms with E-state index in [0.717, 1.165) is 17.7 Å². The van der Waals surface area contributed by atoms with Gasteiger partial charge in [0.2, 0.25) is 0 Å². The number of nitrogens with one attached hydrogen (secondary N) is 2. The molecule has 0 aliphatic carbocycles. The molecule has 102 valence electrons. The Balaban J connectivity index is 1.57. The number of amides is 1. The van der Waals surface area contributed by atoms with Gasteiger partial charge in [0.05, 0.1) is 6.54 Å². The second kappa shape index (κ2) is 5.16. The normalized spacial score (nSPS) is 16.3. The molecule has 2 aromatic rings. The average molecular weight is 271 g/mol. The summed E-state index contributed by atoms with van der Waals surface area (Å²) in [5, 5.41) is 8.64. The summed E-state index contributed by atoms with van der Waals surface area (Å²) >= 11 is 0. The summed E-state index contributed by atoms with van der Waals surface area (Å²) in [6.45, 7) is 0.397. The van der Waals surface area contributed by atoms with Crippen LogP contribution in [0.2, 0.25) is 0 Å². The molecular formula is C14H13N3O3. The number of ether oxygens (including phenoxy) is 1. The van der Waals surface area contributed by atoms with E-state index >= 15 is 0 Å². The first-order valence-electron chi connectivity index (χ1n) is 6.31. The van der Waals surface area contributed by atoms with Crippen LogP contribution in [-0.4, -0.2) is 28.8 Å². The summed E-state index contributed by atoms with van der Waals surface area (Å²) in [7, 11) is 0. The fourth-order valence-corrected chi connectivity index (χ4v) is 2.14. The van der Waals surface area contributed by atoms with Crippen molar-refractivity contribution in [2.45, 2.75) is 12.5 Å². The first-order valence-corrected chi connectivity index (χ1v) is 6.31. The van der Waals surface area contributed by atoms with Gasteiger partial charge < -0.3 is 10.1 Å². The Bertz CT molecular complexity index is 651. The number of aromatic nitrogens is 2. The number of hydrogen-bond donors (Lipinski definition) is 2. The molecule has 2 N–H and O–H groups in total. The van der Waals surface area contributed by atoms with E-state index < -0.39 is 0 Å². The number of carbonyl (C=O) groups excluding carboxylic acids is 1. The van der Waals surface area contributed by atoms with Gasteiger partial charge >= 0.3 is 0 Å². The minimum absolute atomic E-state index is 0.0703. The Morgan fingerprint density at radius 1 is 1.35 bits per heavy atom. The number of para-hydroxylation sites is 1. The minimum atomic E-state index is -0.337. The highest BCUT2D eigenvalue weighted by Gasteiger charge is 2.22. The van der Waals surface area contributed by atoms with E-state index in [9.17, 15) is 9.59 Å². The summed E-state index contributed by atoms with van der Waals surface area (Å²) < 4.78 is 5.72. The summed E-state index contributed by atoms with van der Waals surface area (Å²) in [5.74, 6) is 0.537. The molecule has 1 atom stereocenters. The van der Waals surface area contributed by atoms with Crippen molar-refractivity contribution >= 4 is 5.91 Å². The number of nitrogens with zero attached hydrogens (tertiary/aromatic N) is 1. The molecule has 1 aromatic carbocycles. The highest BCUT2D eigenvalue weighted by molar-refractivity contribution is 5.91. The molecule has 0 bridgehead atoms.